The van der Waals surface area contributed by atoms with Gasteiger partial charge >= 0.3 is 0 Å². The summed E-state index contributed by atoms with van der Waals surface area (Å²) in [5.41, 5.74) is 7.04. The van der Waals surface area contributed by atoms with Crippen LogP contribution in [0.2, 0.25) is 0 Å². The number of hydrogen-bond acceptors (Lipinski definition) is 2. The summed E-state index contributed by atoms with van der Waals surface area (Å²) in [5, 5.41) is 0. The van der Waals surface area contributed by atoms with Gasteiger partial charge in [-0.2, -0.15) is 0 Å². The van der Waals surface area contributed by atoms with Crippen LogP contribution in [0.4, 0.5) is 4.39 Å². The molecule has 0 saturated heterocycles. The molecule has 2 nitrogen and oxygen atoms in total. The van der Waals surface area contributed by atoms with Crippen LogP contribution in [0.5, 0.6) is 0 Å². The minimum Gasteiger partial charge on any atom is -0.376 e. The van der Waals surface area contributed by atoms with Crippen molar-refractivity contribution in [3.8, 4) is 0 Å². The fraction of sp³-hybridized carbons (Fsp3) is 0.600. The van der Waals surface area contributed by atoms with E-state index >= 15 is 0 Å². The highest BCUT2D eigenvalue weighted by atomic mass is 19.1. The zero-order valence-corrected chi connectivity index (χ0v) is 11.2. The third-order valence-corrected chi connectivity index (χ3v) is 4.19. The highest BCUT2D eigenvalue weighted by Crippen LogP contribution is 2.42. The highest BCUT2D eigenvalue weighted by molar-refractivity contribution is 5.23. The predicted molar refractivity (Wildman–Crippen MR) is 70.7 cm³/mol. The summed E-state index contributed by atoms with van der Waals surface area (Å²) in [5.74, 6) is 0.402. The van der Waals surface area contributed by atoms with Gasteiger partial charge < -0.3 is 10.5 Å². The predicted octanol–water partition coefficient (Wildman–Crippen LogP) is 3.42. The monoisotopic (exact) mass is 251 g/mol. The molecule has 2 N–H and O–H groups in total. The third-order valence-electron chi connectivity index (χ3n) is 4.19. The average Bonchev–Trinajstić information content (AvgIpc) is 2.38. The third kappa shape index (κ3) is 2.57. The first-order valence-corrected chi connectivity index (χ1v) is 6.63. The molecule has 1 saturated carbocycles. The fourth-order valence-corrected chi connectivity index (χ4v) is 3.11. The molecule has 1 aliphatic carbocycles. The molecule has 1 fully saturated rings. The summed E-state index contributed by atoms with van der Waals surface area (Å²) in [6.45, 7) is 2.24. The van der Waals surface area contributed by atoms with Gasteiger partial charge in [-0.1, -0.05) is 31.9 Å². The van der Waals surface area contributed by atoms with Crippen molar-refractivity contribution in [2.45, 2.75) is 44.2 Å². The van der Waals surface area contributed by atoms with Crippen LogP contribution in [0.25, 0.3) is 0 Å². The molecule has 0 amide bonds. The van der Waals surface area contributed by atoms with Crippen LogP contribution in [0.3, 0.4) is 0 Å². The average molecular weight is 251 g/mol. The van der Waals surface area contributed by atoms with Crippen molar-refractivity contribution in [3.05, 3.63) is 35.6 Å². The van der Waals surface area contributed by atoms with E-state index in [2.05, 4.69) is 6.92 Å². The molecule has 1 aromatic rings. The lowest BCUT2D eigenvalue weighted by atomic mass is 9.73. The Balaban J connectivity index is 2.23. The van der Waals surface area contributed by atoms with Crippen molar-refractivity contribution < 1.29 is 9.13 Å². The quantitative estimate of drug-likeness (QED) is 0.893. The van der Waals surface area contributed by atoms with Crippen molar-refractivity contribution in [2.24, 2.45) is 11.7 Å². The summed E-state index contributed by atoms with van der Waals surface area (Å²) in [4.78, 5) is 0. The number of ether oxygens (including phenoxy) is 1. The summed E-state index contributed by atoms with van der Waals surface area (Å²) in [6.07, 6.45) is 4.33. The Morgan fingerprint density at radius 3 is 2.61 bits per heavy atom. The van der Waals surface area contributed by atoms with Gasteiger partial charge in [0.25, 0.3) is 0 Å². The second kappa shape index (κ2) is 5.37. The van der Waals surface area contributed by atoms with E-state index in [1.165, 1.54) is 18.6 Å². The molecule has 0 heterocycles. The number of rotatable bonds is 3. The Morgan fingerprint density at radius 2 is 2.06 bits per heavy atom. The van der Waals surface area contributed by atoms with Crippen molar-refractivity contribution in [2.75, 3.05) is 7.11 Å². The lowest BCUT2D eigenvalue weighted by Crippen LogP contribution is -2.46. The number of hydrogen-bond donors (Lipinski definition) is 1. The first-order chi connectivity index (χ1) is 8.57. The van der Waals surface area contributed by atoms with Gasteiger partial charge in [0.05, 0.1) is 11.6 Å². The smallest absolute Gasteiger partial charge is 0.123 e. The number of nitrogens with two attached hydrogens (primary N) is 1. The molecule has 0 radical (unpaired) electrons. The zero-order valence-electron chi connectivity index (χ0n) is 11.2. The summed E-state index contributed by atoms with van der Waals surface area (Å²) in [7, 11) is 1.74. The minimum absolute atomic E-state index is 0.189. The second-order valence-electron chi connectivity index (χ2n) is 5.50. The van der Waals surface area contributed by atoms with Crippen LogP contribution >= 0.6 is 0 Å². The molecule has 1 aromatic carbocycles. The van der Waals surface area contributed by atoms with Crippen LogP contribution in [0, 0.1) is 11.7 Å². The molecule has 2 rings (SSSR count). The molecule has 3 atom stereocenters. The molecular formula is C15H22FNO. The maximum Gasteiger partial charge on any atom is 0.123 e. The van der Waals surface area contributed by atoms with E-state index in [9.17, 15) is 4.39 Å². The normalized spacial score (nSPS) is 30.1. The SMILES string of the molecule is COC1(C(N)c2ccc(F)cc2)CCCC(C)C1. The van der Waals surface area contributed by atoms with Gasteiger partial charge in [-0.3, -0.25) is 0 Å². The van der Waals surface area contributed by atoms with Gasteiger partial charge in [0.1, 0.15) is 5.82 Å². The van der Waals surface area contributed by atoms with Gasteiger partial charge in [0.15, 0.2) is 0 Å². The topological polar surface area (TPSA) is 35.2 Å². The molecule has 3 heteroatoms. The molecule has 1 aliphatic rings. The standard InChI is InChI=1S/C15H22FNO/c1-11-4-3-9-15(10-11,18-2)14(17)12-5-7-13(16)8-6-12/h5-8,11,14H,3-4,9-10,17H2,1-2H3. The maximum absolute atomic E-state index is 13.0. The fourth-order valence-electron chi connectivity index (χ4n) is 3.11. The lowest BCUT2D eigenvalue weighted by molar-refractivity contribution is -0.0718. The van der Waals surface area contributed by atoms with Gasteiger partial charge in [-0.15, -0.1) is 0 Å². The van der Waals surface area contributed by atoms with Crippen molar-refractivity contribution in [1.82, 2.24) is 0 Å². The second-order valence-corrected chi connectivity index (χ2v) is 5.50. The summed E-state index contributed by atoms with van der Waals surface area (Å²) < 4.78 is 18.7. The Morgan fingerprint density at radius 1 is 1.39 bits per heavy atom. The van der Waals surface area contributed by atoms with Crippen LogP contribution < -0.4 is 5.73 Å². The zero-order chi connectivity index (χ0) is 13.2. The Hall–Kier alpha value is -0.930. The molecule has 0 spiro atoms. The molecule has 18 heavy (non-hydrogen) atoms. The number of methoxy groups -OCH3 is 1. The molecule has 3 unspecified atom stereocenters. The Kier molecular flexibility index (Phi) is 4.03. The van der Waals surface area contributed by atoms with E-state index in [4.69, 9.17) is 10.5 Å². The Bertz CT molecular complexity index is 392. The van der Waals surface area contributed by atoms with Crippen molar-refractivity contribution in [3.63, 3.8) is 0 Å². The lowest BCUT2D eigenvalue weighted by Gasteiger charge is -2.43. The van der Waals surface area contributed by atoms with Gasteiger partial charge in [-0.25, -0.2) is 4.39 Å². The van der Waals surface area contributed by atoms with Gasteiger partial charge in [0, 0.05) is 7.11 Å². The van der Waals surface area contributed by atoms with Crippen LogP contribution in [0.15, 0.2) is 24.3 Å². The molecule has 0 aromatic heterocycles. The maximum atomic E-state index is 13.0. The first kappa shape index (κ1) is 13.5. The molecule has 0 bridgehead atoms. The number of halogens is 1. The van der Waals surface area contributed by atoms with Crippen molar-refractivity contribution in [1.29, 1.82) is 0 Å². The largest absolute Gasteiger partial charge is 0.376 e. The van der Waals surface area contributed by atoms with E-state index in [1.54, 1.807) is 19.2 Å². The van der Waals surface area contributed by atoms with Gasteiger partial charge in [-0.05, 0) is 36.5 Å². The summed E-state index contributed by atoms with van der Waals surface area (Å²) >= 11 is 0. The highest BCUT2D eigenvalue weighted by Gasteiger charge is 2.41. The van der Waals surface area contributed by atoms with Crippen LogP contribution in [0.1, 0.15) is 44.2 Å². The summed E-state index contributed by atoms with van der Waals surface area (Å²) in [6, 6.07) is 6.27. The molecule has 100 valence electrons. The van der Waals surface area contributed by atoms with E-state index in [0.29, 0.717) is 5.92 Å². The molecule has 0 aliphatic heterocycles. The van der Waals surface area contributed by atoms with E-state index < -0.39 is 0 Å². The van der Waals surface area contributed by atoms with E-state index in [0.717, 1.165) is 24.8 Å². The first-order valence-electron chi connectivity index (χ1n) is 6.63. The van der Waals surface area contributed by atoms with Crippen LogP contribution in [-0.4, -0.2) is 12.7 Å². The van der Waals surface area contributed by atoms with Gasteiger partial charge in [0.2, 0.25) is 0 Å². The molecular weight excluding hydrogens is 229 g/mol. The number of benzene rings is 1. The Labute approximate surface area is 108 Å². The van der Waals surface area contributed by atoms with E-state index in [1.807, 2.05) is 0 Å². The minimum atomic E-state index is -0.296. The van der Waals surface area contributed by atoms with Crippen molar-refractivity contribution >= 4 is 0 Å². The van der Waals surface area contributed by atoms with E-state index in [-0.39, 0.29) is 17.5 Å². The van der Waals surface area contributed by atoms with Crippen LogP contribution in [-0.2, 0) is 4.74 Å².